The number of ether oxygens (including phenoxy) is 1. The highest BCUT2D eigenvalue weighted by molar-refractivity contribution is 5.98. The van der Waals surface area contributed by atoms with Crippen LogP contribution in [0.5, 0.6) is 0 Å². The Bertz CT molecular complexity index is 775. The smallest absolute Gasteiger partial charge is 0.222 e. The van der Waals surface area contributed by atoms with Crippen molar-refractivity contribution in [2.24, 2.45) is 4.99 Å². The second-order valence-corrected chi connectivity index (χ2v) is 8.65. The summed E-state index contributed by atoms with van der Waals surface area (Å²) in [5.41, 5.74) is 1.71. The lowest BCUT2D eigenvalue weighted by molar-refractivity contribution is -0.127. The van der Waals surface area contributed by atoms with Crippen molar-refractivity contribution in [3.05, 3.63) is 29.8 Å². The van der Waals surface area contributed by atoms with E-state index in [4.69, 9.17) is 9.73 Å². The molecule has 30 heavy (non-hydrogen) atoms. The fraction of sp³-hybridized carbons (Fsp3) is 0.652. The van der Waals surface area contributed by atoms with Gasteiger partial charge in [-0.15, -0.1) is 0 Å². The molecule has 4 rings (SSSR count). The molecule has 3 aliphatic heterocycles. The maximum absolute atomic E-state index is 12.0. The Labute approximate surface area is 179 Å². The molecule has 0 bridgehead atoms. The second-order valence-electron chi connectivity index (χ2n) is 8.65. The summed E-state index contributed by atoms with van der Waals surface area (Å²) in [6.45, 7) is 6.95. The first-order chi connectivity index (χ1) is 14.6. The van der Waals surface area contributed by atoms with E-state index in [1.807, 2.05) is 4.90 Å². The van der Waals surface area contributed by atoms with E-state index in [1.165, 1.54) is 11.3 Å². The van der Waals surface area contributed by atoms with Gasteiger partial charge in [0.15, 0.2) is 5.96 Å². The molecule has 1 amide bonds. The van der Waals surface area contributed by atoms with Crippen molar-refractivity contribution < 1.29 is 14.6 Å². The Balaban J connectivity index is 1.49. The number of anilines is 1. The number of rotatable bonds is 6. The van der Waals surface area contributed by atoms with Gasteiger partial charge in [-0.2, -0.15) is 0 Å². The van der Waals surface area contributed by atoms with Gasteiger partial charge >= 0.3 is 0 Å². The van der Waals surface area contributed by atoms with Gasteiger partial charge in [0.2, 0.25) is 5.91 Å². The third kappa shape index (κ3) is 4.62. The first-order valence-corrected chi connectivity index (χ1v) is 11.3. The fourth-order valence-corrected chi connectivity index (χ4v) is 4.72. The number of carbonyl (C=O) groups excluding carboxylic acids is 1. The summed E-state index contributed by atoms with van der Waals surface area (Å²) in [5.74, 6) is 1.48. The molecule has 0 saturated carbocycles. The highest BCUT2D eigenvalue weighted by atomic mass is 16.5. The molecule has 1 aromatic carbocycles. The lowest BCUT2D eigenvalue weighted by Gasteiger charge is -2.31. The van der Waals surface area contributed by atoms with Crippen LogP contribution in [-0.4, -0.2) is 73.4 Å². The molecule has 3 aliphatic rings. The molecular weight excluding hydrogens is 380 g/mol. The number of benzene rings is 1. The molecule has 0 aliphatic carbocycles. The molecule has 1 unspecified atom stereocenters. The zero-order chi connectivity index (χ0) is 21.0. The number of nitrogens with one attached hydrogen (secondary N) is 1. The number of amides is 1. The fourth-order valence-electron chi connectivity index (χ4n) is 4.72. The van der Waals surface area contributed by atoms with E-state index < -0.39 is 5.60 Å². The minimum Gasteiger partial charge on any atom is -0.388 e. The van der Waals surface area contributed by atoms with Crippen LogP contribution in [0.2, 0.25) is 0 Å². The molecular formula is C23H34N4O3. The van der Waals surface area contributed by atoms with Gasteiger partial charge < -0.3 is 25.0 Å². The molecule has 164 valence electrons. The summed E-state index contributed by atoms with van der Waals surface area (Å²) in [5, 5.41) is 14.3. The Morgan fingerprint density at radius 2 is 2.13 bits per heavy atom. The maximum Gasteiger partial charge on any atom is 0.222 e. The van der Waals surface area contributed by atoms with Crippen LogP contribution in [-0.2, 0) is 9.53 Å². The molecule has 3 heterocycles. The number of para-hydroxylation sites is 1. The molecule has 2 N–H and O–H groups in total. The van der Waals surface area contributed by atoms with Crippen molar-refractivity contribution >= 4 is 17.6 Å². The van der Waals surface area contributed by atoms with Crippen molar-refractivity contribution in [2.45, 2.75) is 50.5 Å². The van der Waals surface area contributed by atoms with Crippen molar-refractivity contribution in [3.8, 4) is 0 Å². The molecule has 0 aromatic heterocycles. The first kappa shape index (κ1) is 21.1. The minimum atomic E-state index is -0.784. The number of carbonyl (C=O) groups is 1. The highest BCUT2D eigenvalue weighted by Crippen LogP contribution is 2.38. The number of guanidine groups is 1. The van der Waals surface area contributed by atoms with Gasteiger partial charge in [0, 0.05) is 70.3 Å². The van der Waals surface area contributed by atoms with Crippen molar-refractivity contribution in [1.82, 2.24) is 10.2 Å². The molecule has 7 heteroatoms. The predicted octanol–water partition coefficient (Wildman–Crippen LogP) is 2.11. The number of aliphatic imine (C=N–C) groups is 1. The van der Waals surface area contributed by atoms with Gasteiger partial charge in [0.05, 0.1) is 12.1 Å². The van der Waals surface area contributed by atoms with Gasteiger partial charge in [-0.1, -0.05) is 18.2 Å². The number of aliphatic hydroxyl groups is 1. The third-order valence-electron chi connectivity index (χ3n) is 6.53. The predicted molar refractivity (Wildman–Crippen MR) is 118 cm³/mol. The van der Waals surface area contributed by atoms with Crippen molar-refractivity contribution in [2.75, 3.05) is 50.8 Å². The van der Waals surface area contributed by atoms with Crippen LogP contribution in [0.25, 0.3) is 0 Å². The van der Waals surface area contributed by atoms with Gasteiger partial charge in [-0.3, -0.25) is 4.79 Å². The van der Waals surface area contributed by atoms with Crippen LogP contribution in [0.1, 0.15) is 50.5 Å². The van der Waals surface area contributed by atoms with E-state index in [-0.39, 0.29) is 5.91 Å². The normalized spacial score (nSPS) is 23.7. The molecule has 2 saturated heterocycles. The SMILES string of the molecule is CCNC(=NCC1(O)CCOCC1)N1CC(CCN2CCCC2=O)c2ccccc21. The average Bonchev–Trinajstić information content (AvgIpc) is 3.33. The molecule has 1 aromatic rings. The summed E-state index contributed by atoms with van der Waals surface area (Å²) in [6.07, 6.45) is 3.88. The average molecular weight is 415 g/mol. The van der Waals surface area contributed by atoms with Crippen LogP contribution in [0.3, 0.4) is 0 Å². The number of hydrogen-bond acceptors (Lipinski definition) is 4. The van der Waals surface area contributed by atoms with Crippen molar-refractivity contribution in [1.29, 1.82) is 0 Å². The summed E-state index contributed by atoms with van der Waals surface area (Å²) < 4.78 is 5.39. The summed E-state index contributed by atoms with van der Waals surface area (Å²) >= 11 is 0. The maximum atomic E-state index is 12.0. The molecule has 7 nitrogen and oxygen atoms in total. The van der Waals surface area contributed by atoms with Crippen LogP contribution in [0.15, 0.2) is 29.3 Å². The summed E-state index contributed by atoms with van der Waals surface area (Å²) in [6, 6.07) is 8.49. The van der Waals surface area contributed by atoms with E-state index in [0.29, 0.717) is 44.9 Å². The van der Waals surface area contributed by atoms with Crippen LogP contribution in [0.4, 0.5) is 5.69 Å². The van der Waals surface area contributed by atoms with E-state index in [0.717, 1.165) is 45.0 Å². The van der Waals surface area contributed by atoms with Gasteiger partial charge in [-0.05, 0) is 31.4 Å². The highest BCUT2D eigenvalue weighted by Gasteiger charge is 2.34. The standard InChI is InChI=1S/C23H34N4O3/c1-2-24-22(25-17-23(29)10-14-30-15-11-23)27-16-18(19-6-3-4-7-20(19)27)9-13-26-12-5-8-21(26)28/h3-4,6-7,18,29H,2,5,8-17H2,1H3,(H,24,25). The second kappa shape index (κ2) is 9.35. The largest absolute Gasteiger partial charge is 0.388 e. The van der Waals surface area contributed by atoms with E-state index in [1.54, 1.807) is 0 Å². The Morgan fingerprint density at radius 3 is 2.87 bits per heavy atom. The van der Waals surface area contributed by atoms with Crippen molar-refractivity contribution in [3.63, 3.8) is 0 Å². The Kier molecular flexibility index (Phi) is 6.58. The number of fused-ring (bicyclic) bond motifs is 1. The topological polar surface area (TPSA) is 77.4 Å². The zero-order valence-electron chi connectivity index (χ0n) is 18.0. The summed E-state index contributed by atoms with van der Waals surface area (Å²) in [7, 11) is 0. The zero-order valence-corrected chi connectivity index (χ0v) is 18.0. The Morgan fingerprint density at radius 1 is 1.33 bits per heavy atom. The molecule has 0 radical (unpaired) electrons. The molecule has 0 spiro atoms. The van der Waals surface area contributed by atoms with Gasteiger partial charge in [0.25, 0.3) is 0 Å². The quantitative estimate of drug-likeness (QED) is 0.551. The van der Waals surface area contributed by atoms with E-state index in [9.17, 15) is 9.90 Å². The molecule has 1 atom stereocenters. The lowest BCUT2D eigenvalue weighted by Crippen LogP contribution is -2.44. The minimum absolute atomic E-state index is 0.290. The Hall–Kier alpha value is -2.12. The monoisotopic (exact) mass is 414 g/mol. The van der Waals surface area contributed by atoms with Gasteiger partial charge in [-0.25, -0.2) is 4.99 Å². The lowest BCUT2D eigenvalue weighted by atomic mass is 9.95. The summed E-state index contributed by atoms with van der Waals surface area (Å²) in [4.78, 5) is 21.1. The van der Waals surface area contributed by atoms with Crippen LogP contribution in [0, 0.1) is 0 Å². The van der Waals surface area contributed by atoms with Crippen LogP contribution < -0.4 is 10.2 Å². The number of hydrogen-bond donors (Lipinski definition) is 2. The number of likely N-dealkylation sites (tertiary alicyclic amines) is 1. The van der Waals surface area contributed by atoms with E-state index in [2.05, 4.69) is 41.4 Å². The third-order valence-corrected chi connectivity index (χ3v) is 6.53. The first-order valence-electron chi connectivity index (χ1n) is 11.3. The van der Waals surface area contributed by atoms with Crippen LogP contribution >= 0.6 is 0 Å². The molecule has 2 fully saturated rings. The number of nitrogens with zero attached hydrogens (tertiary/aromatic N) is 3. The van der Waals surface area contributed by atoms with E-state index >= 15 is 0 Å². The van der Waals surface area contributed by atoms with Gasteiger partial charge in [0.1, 0.15) is 0 Å².